The van der Waals surface area contributed by atoms with Gasteiger partial charge < -0.3 is 4.98 Å². The van der Waals surface area contributed by atoms with Crippen LogP contribution in [0.3, 0.4) is 0 Å². The number of benzene rings is 2. The van der Waals surface area contributed by atoms with Crippen LogP contribution in [0.2, 0.25) is 0 Å². The Labute approximate surface area is 160 Å². The Balaban J connectivity index is 1.54. The summed E-state index contributed by atoms with van der Waals surface area (Å²) in [6.07, 6.45) is 0.757. The minimum Gasteiger partial charge on any atom is -0.309 e. The normalized spacial score (nSPS) is 14.3. The van der Waals surface area contributed by atoms with Crippen LogP contribution in [0.1, 0.15) is 16.8 Å². The molecular formula is C21H18FN5O. The molecule has 0 saturated carbocycles. The highest BCUT2D eigenvalue weighted by Crippen LogP contribution is 2.23. The summed E-state index contributed by atoms with van der Waals surface area (Å²) in [6.45, 7) is 2.39. The van der Waals surface area contributed by atoms with E-state index in [0.29, 0.717) is 23.6 Å². The monoisotopic (exact) mass is 375 g/mol. The molecule has 7 heteroatoms. The van der Waals surface area contributed by atoms with Crippen molar-refractivity contribution in [1.29, 1.82) is 0 Å². The van der Waals surface area contributed by atoms with Gasteiger partial charge in [0.1, 0.15) is 5.82 Å². The van der Waals surface area contributed by atoms with E-state index in [4.69, 9.17) is 0 Å². The van der Waals surface area contributed by atoms with E-state index in [9.17, 15) is 9.18 Å². The SMILES string of the molecule is O=c1[nH]c2c(c3nc(-c4ccc(F)cc4)nn13)CN(Cc1ccccc1)CC2. The number of halogens is 1. The zero-order chi connectivity index (χ0) is 19.1. The molecule has 1 aliphatic rings. The molecule has 0 saturated heterocycles. The van der Waals surface area contributed by atoms with E-state index < -0.39 is 0 Å². The largest absolute Gasteiger partial charge is 0.348 e. The van der Waals surface area contributed by atoms with Crippen molar-refractivity contribution in [3.63, 3.8) is 0 Å². The zero-order valence-corrected chi connectivity index (χ0v) is 15.1. The predicted molar refractivity (Wildman–Crippen MR) is 103 cm³/mol. The summed E-state index contributed by atoms with van der Waals surface area (Å²) in [7, 11) is 0. The summed E-state index contributed by atoms with van der Waals surface area (Å²) < 4.78 is 14.5. The van der Waals surface area contributed by atoms with Crippen molar-refractivity contribution in [2.75, 3.05) is 6.54 Å². The Bertz CT molecular complexity index is 1200. The molecule has 0 bridgehead atoms. The Morgan fingerprint density at radius 3 is 2.64 bits per heavy atom. The topological polar surface area (TPSA) is 66.3 Å². The number of hydrogen-bond acceptors (Lipinski definition) is 4. The standard InChI is InChI=1S/C21H18FN5O/c22-16-8-6-15(7-9-16)19-24-20-17-13-26(12-14-4-2-1-3-5-14)11-10-18(17)23-21(28)27(20)25-19/h1-9H,10-13H2,(H,23,28). The first-order chi connectivity index (χ1) is 13.7. The molecule has 3 heterocycles. The van der Waals surface area contributed by atoms with Crippen LogP contribution in [0.5, 0.6) is 0 Å². The van der Waals surface area contributed by atoms with E-state index >= 15 is 0 Å². The van der Waals surface area contributed by atoms with Crippen molar-refractivity contribution in [1.82, 2.24) is 24.5 Å². The second kappa shape index (κ2) is 6.69. The second-order valence-electron chi connectivity index (χ2n) is 7.01. The van der Waals surface area contributed by atoms with Crippen LogP contribution in [-0.4, -0.2) is 31.0 Å². The van der Waals surface area contributed by atoms with Crippen molar-refractivity contribution in [3.05, 3.63) is 87.7 Å². The Kier molecular flexibility index (Phi) is 4.02. The van der Waals surface area contributed by atoms with Gasteiger partial charge in [-0.05, 0) is 29.8 Å². The highest BCUT2D eigenvalue weighted by Gasteiger charge is 2.23. The number of hydrogen-bond donors (Lipinski definition) is 1. The molecule has 1 N–H and O–H groups in total. The van der Waals surface area contributed by atoms with Gasteiger partial charge in [0.2, 0.25) is 0 Å². The fraction of sp³-hybridized carbons (Fsp3) is 0.190. The summed E-state index contributed by atoms with van der Waals surface area (Å²) in [4.78, 5) is 22.3. The van der Waals surface area contributed by atoms with E-state index in [-0.39, 0.29) is 11.5 Å². The zero-order valence-electron chi connectivity index (χ0n) is 15.1. The number of H-pyrrole nitrogens is 1. The molecule has 0 aliphatic carbocycles. The maximum absolute atomic E-state index is 13.2. The van der Waals surface area contributed by atoms with Crippen LogP contribution in [0.4, 0.5) is 4.39 Å². The maximum Gasteiger partial charge on any atom is 0.348 e. The summed E-state index contributed by atoms with van der Waals surface area (Å²) in [5.74, 6) is 0.0957. The molecule has 0 atom stereocenters. The van der Waals surface area contributed by atoms with Gasteiger partial charge in [-0.25, -0.2) is 14.2 Å². The minimum absolute atomic E-state index is 0.300. The summed E-state index contributed by atoms with van der Waals surface area (Å²) in [5, 5.41) is 4.35. The van der Waals surface area contributed by atoms with Gasteiger partial charge in [0.25, 0.3) is 0 Å². The number of nitrogens with one attached hydrogen (secondary N) is 1. The van der Waals surface area contributed by atoms with Crippen molar-refractivity contribution in [2.24, 2.45) is 0 Å². The molecule has 6 nitrogen and oxygen atoms in total. The third-order valence-corrected chi connectivity index (χ3v) is 5.10. The Morgan fingerprint density at radius 2 is 1.86 bits per heavy atom. The molecule has 0 spiro atoms. The lowest BCUT2D eigenvalue weighted by Crippen LogP contribution is -2.34. The molecule has 0 fully saturated rings. The summed E-state index contributed by atoms with van der Waals surface area (Å²) in [6, 6.07) is 16.3. The molecule has 2 aromatic carbocycles. The molecule has 4 aromatic rings. The van der Waals surface area contributed by atoms with Crippen LogP contribution in [0.25, 0.3) is 17.0 Å². The number of aromatic nitrogens is 4. The number of aromatic amines is 1. The van der Waals surface area contributed by atoms with E-state index in [2.05, 4.69) is 32.1 Å². The van der Waals surface area contributed by atoms with Gasteiger partial charge in [-0.3, -0.25) is 4.90 Å². The van der Waals surface area contributed by atoms with E-state index in [0.717, 1.165) is 30.8 Å². The summed E-state index contributed by atoms with van der Waals surface area (Å²) in [5.41, 5.74) is 4.10. The third kappa shape index (κ3) is 2.99. The molecule has 0 amide bonds. The smallest absolute Gasteiger partial charge is 0.309 e. The molecule has 140 valence electrons. The molecule has 2 aromatic heterocycles. The quantitative estimate of drug-likeness (QED) is 0.598. The van der Waals surface area contributed by atoms with Crippen LogP contribution >= 0.6 is 0 Å². The fourth-order valence-electron chi connectivity index (χ4n) is 3.69. The van der Waals surface area contributed by atoms with Crippen molar-refractivity contribution in [2.45, 2.75) is 19.5 Å². The van der Waals surface area contributed by atoms with Gasteiger partial charge in [0.15, 0.2) is 11.5 Å². The maximum atomic E-state index is 13.2. The summed E-state index contributed by atoms with van der Waals surface area (Å²) >= 11 is 0. The second-order valence-corrected chi connectivity index (χ2v) is 7.01. The van der Waals surface area contributed by atoms with E-state index in [1.165, 1.54) is 22.2 Å². The third-order valence-electron chi connectivity index (χ3n) is 5.10. The predicted octanol–water partition coefficient (Wildman–Crippen LogP) is 2.78. The molecule has 0 unspecified atom stereocenters. The van der Waals surface area contributed by atoms with Gasteiger partial charge in [0, 0.05) is 42.9 Å². The first-order valence-electron chi connectivity index (χ1n) is 9.20. The van der Waals surface area contributed by atoms with E-state index in [1.807, 2.05) is 18.2 Å². The molecule has 28 heavy (non-hydrogen) atoms. The van der Waals surface area contributed by atoms with Crippen molar-refractivity contribution in [3.8, 4) is 11.4 Å². The Morgan fingerprint density at radius 1 is 1.07 bits per heavy atom. The van der Waals surface area contributed by atoms with Gasteiger partial charge in [-0.15, -0.1) is 5.10 Å². The lowest BCUT2D eigenvalue weighted by Gasteiger charge is -2.28. The van der Waals surface area contributed by atoms with Crippen LogP contribution in [0.15, 0.2) is 59.4 Å². The molecule has 5 rings (SSSR count). The van der Waals surface area contributed by atoms with Gasteiger partial charge in [-0.2, -0.15) is 4.52 Å². The fourth-order valence-corrected chi connectivity index (χ4v) is 3.69. The van der Waals surface area contributed by atoms with Crippen molar-refractivity contribution >= 4 is 5.65 Å². The highest BCUT2D eigenvalue weighted by molar-refractivity contribution is 5.60. The number of nitrogens with zero attached hydrogens (tertiary/aromatic N) is 4. The average molecular weight is 375 g/mol. The average Bonchev–Trinajstić information content (AvgIpc) is 3.16. The highest BCUT2D eigenvalue weighted by atomic mass is 19.1. The van der Waals surface area contributed by atoms with E-state index in [1.54, 1.807) is 12.1 Å². The first-order valence-corrected chi connectivity index (χ1v) is 9.20. The minimum atomic E-state index is -0.320. The van der Waals surface area contributed by atoms with Gasteiger partial charge in [0.05, 0.1) is 0 Å². The molecule has 0 radical (unpaired) electrons. The van der Waals surface area contributed by atoms with Gasteiger partial charge >= 0.3 is 5.69 Å². The Hall–Kier alpha value is -3.32. The number of rotatable bonds is 3. The van der Waals surface area contributed by atoms with Crippen LogP contribution < -0.4 is 5.69 Å². The number of fused-ring (bicyclic) bond motifs is 3. The van der Waals surface area contributed by atoms with Crippen LogP contribution in [-0.2, 0) is 19.5 Å². The lowest BCUT2D eigenvalue weighted by atomic mass is 10.1. The van der Waals surface area contributed by atoms with Crippen LogP contribution in [0, 0.1) is 5.82 Å². The molecule has 1 aliphatic heterocycles. The molecular weight excluding hydrogens is 357 g/mol. The van der Waals surface area contributed by atoms with Crippen molar-refractivity contribution < 1.29 is 4.39 Å². The van der Waals surface area contributed by atoms with Gasteiger partial charge in [-0.1, -0.05) is 30.3 Å². The lowest BCUT2D eigenvalue weighted by molar-refractivity contribution is 0.243. The first kappa shape index (κ1) is 16.8.